The molecule has 0 spiro atoms. The summed E-state index contributed by atoms with van der Waals surface area (Å²) < 4.78 is 14.5. The number of halogens is 2. The quantitative estimate of drug-likeness (QED) is 0.729. The van der Waals surface area contributed by atoms with E-state index in [1.54, 1.807) is 12.1 Å². The minimum Gasteiger partial charge on any atom is -0.361 e. The zero-order valence-corrected chi connectivity index (χ0v) is 12.4. The van der Waals surface area contributed by atoms with Crippen LogP contribution in [0, 0.1) is 5.82 Å². The van der Waals surface area contributed by atoms with Gasteiger partial charge < -0.3 is 10.3 Å². The summed E-state index contributed by atoms with van der Waals surface area (Å²) in [6.07, 6.45) is 1.93. The summed E-state index contributed by atoms with van der Waals surface area (Å²) in [7, 11) is 0. The van der Waals surface area contributed by atoms with Crippen LogP contribution in [0.5, 0.6) is 0 Å². The van der Waals surface area contributed by atoms with Crippen LogP contribution in [0.2, 0.25) is 0 Å². The van der Waals surface area contributed by atoms with Gasteiger partial charge in [-0.05, 0) is 41.3 Å². The molecular weight excluding hydrogens is 319 g/mol. The molecule has 0 amide bonds. The predicted molar refractivity (Wildman–Crippen MR) is 82.9 cm³/mol. The molecule has 0 aliphatic heterocycles. The van der Waals surface area contributed by atoms with E-state index >= 15 is 0 Å². The summed E-state index contributed by atoms with van der Waals surface area (Å²) in [4.78, 5) is 3.19. The van der Waals surface area contributed by atoms with Crippen LogP contribution in [0.25, 0.3) is 10.9 Å². The first kappa shape index (κ1) is 13.3. The normalized spacial score (nSPS) is 11.1. The van der Waals surface area contributed by atoms with Crippen LogP contribution in [0.4, 0.5) is 4.39 Å². The average Bonchev–Trinajstić information content (AvgIpc) is 2.90. The molecule has 0 saturated heterocycles. The van der Waals surface area contributed by atoms with Crippen molar-refractivity contribution in [1.29, 1.82) is 0 Å². The minimum atomic E-state index is -0.180. The Hall–Kier alpha value is -1.65. The lowest BCUT2D eigenvalue weighted by molar-refractivity contribution is 0.587. The minimum absolute atomic E-state index is 0.180. The maximum absolute atomic E-state index is 13.6. The predicted octanol–water partition coefficient (Wildman–Crippen LogP) is 4.36. The number of hydrogen-bond acceptors (Lipinski definition) is 1. The lowest BCUT2D eigenvalue weighted by Gasteiger charge is -2.07. The maximum Gasteiger partial charge on any atom is 0.127 e. The van der Waals surface area contributed by atoms with Crippen LogP contribution in [0.15, 0.2) is 53.1 Å². The van der Waals surface area contributed by atoms with Gasteiger partial charge in [-0.25, -0.2) is 4.39 Å². The Kier molecular flexibility index (Phi) is 3.85. The summed E-state index contributed by atoms with van der Waals surface area (Å²) >= 11 is 3.36. The number of fused-ring (bicyclic) bond motifs is 1. The lowest BCUT2D eigenvalue weighted by atomic mass is 10.1. The second-order valence-corrected chi connectivity index (χ2v) is 5.65. The second-order valence-electron chi connectivity index (χ2n) is 4.74. The van der Waals surface area contributed by atoms with E-state index in [1.165, 1.54) is 17.0 Å². The van der Waals surface area contributed by atoms with Crippen molar-refractivity contribution in [2.75, 3.05) is 0 Å². The molecule has 2 nitrogen and oxygen atoms in total. The number of benzene rings is 2. The molecule has 20 heavy (non-hydrogen) atoms. The van der Waals surface area contributed by atoms with Gasteiger partial charge in [0.15, 0.2) is 0 Å². The van der Waals surface area contributed by atoms with Gasteiger partial charge in [0, 0.05) is 34.8 Å². The van der Waals surface area contributed by atoms with Crippen molar-refractivity contribution in [3.8, 4) is 0 Å². The molecule has 3 rings (SSSR count). The van der Waals surface area contributed by atoms with E-state index in [-0.39, 0.29) is 5.82 Å². The average molecular weight is 333 g/mol. The molecule has 102 valence electrons. The fourth-order valence-corrected chi connectivity index (χ4v) is 2.63. The largest absolute Gasteiger partial charge is 0.361 e. The van der Waals surface area contributed by atoms with Gasteiger partial charge in [-0.1, -0.05) is 28.1 Å². The molecular formula is C16H14BrFN2. The Bertz CT molecular complexity index is 736. The zero-order valence-electron chi connectivity index (χ0n) is 10.8. The standard InChI is InChI=1S/C16H14BrFN2/c17-14-3-4-15(18)13(8-14)10-19-9-11-1-2-12-5-6-20-16(12)7-11/h1-8,19-20H,9-10H2. The van der Waals surface area contributed by atoms with Crippen molar-refractivity contribution in [3.63, 3.8) is 0 Å². The summed E-state index contributed by atoms with van der Waals surface area (Å²) in [5.41, 5.74) is 2.97. The first-order valence-electron chi connectivity index (χ1n) is 6.43. The molecule has 1 aromatic heterocycles. The molecule has 0 aliphatic carbocycles. The van der Waals surface area contributed by atoms with Gasteiger partial charge in [-0.3, -0.25) is 0 Å². The third-order valence-corrected chi connectivity index (χ3v) is 3.77. The second kappa shape index (κ2) is 5.77. The molecule has 0 radical (unpaired) electrons. The van der Waals surface area contributed by atoms with Gasteiger partial charge in [0.25, 0.3) is 0 Å². The SMILES string of the molecule is Fc1ccc(Br)cc1CNCc1ccc2cc[nH]c2c1. The Labute approximate surface area is 125 Å². The summed E-state index contributed by atoms with van der Waals surface area (Å²) in [6.45, 7) is 1.22. The van der Waals surface area contributed by atoms with Gasteiger partial charge in [0.05, 0.1) is 0 Å². The smallest absolute Gasteiger partial charge is 0.127 e. The highest BCUT2D eigenvalue weighted by Gasteiger charge is 2.03. The van der Waals surface area contributed by atoms with Gasteiger partial charge in [-0.15, -0.1) is 0 Å². The molecule has 0 saturated carbocycles. The fourth-order valence-electron chi connectivity index (χ4n) is 2.23. The van der Waals surface area contributed by atoms with E-state index in [2.05, 4.69) is 44.4 Å². The lowest BCUT2D eigenvalue weighted by Crippen LogP contribution is -2.13. The Morgan fingerprint density at radius 2 is 1.95 bits per heavy atom. The third kappa shape index (κ3) is 2.92. The Morgan fingerprint density at radius 3 is 2.85 bits per heavy atom. The Balaban J connectivity index is 1.65. The van der Waals surface area contributed by atoms with Crippen LogP contribution in [0.3, 0.4) is 0 Å². The van der Waals surface area contributed by atoms with E-state index in [1.807, 2.05) is 12.3 Å². The van der Waals surface area contributed by atoms with Crippen LogP contribution in [0.1, 0.15) is 11.1 Å². The number of hydrogen-bond donors (Lipinski definition) is 2. The number of nitrogens with one attached hydrogen (secondary N) is 2. The molecule has 2 N–H and O–H groups in total. The van der Waals surface area contributed by atoms with Crippen LogP contribution in [-0.2, 0) is 13.1 Å². The number of H-pyrrole nitrogens is 1. The van der Waals surface area contributed by atoms with Crippen LogP contribution >= 0.6 is 15.9 Å². The summed E-state index contributed by atoms with van der Waals surface area (Å²) in [6, 6.07) is 13.3. The van der Waals surface area contributed by atoms with E-state index < -0.39 is 0 Å². The highest BCUT2D eigenvalue weighted by molar-refractivity contribution is 9.10. The van der Waals surface area contributed by atoms with E-state index in [9.17, 15) is 4.39 Å². The van der Waals surface area contributed by atoms with Gasteiger partial charge in [0.2, 0.25) is 0 Å². The van der Waals surface area contributed by atoms with E-state index in [0.29, 0.717) is 18.7 Å². The molecule has 0 bridgehead atoms. The maximum atomic E-state index is 13.6. The molecule has 0 fully saturated rings. The molecule has 2 aromatic carbocycles. The molecule has 0 atom stereocenters. The highest BCUT2D eigenvalue weighted by atomic mass is 79.9. The van der Waals surface area contributed by atoms with Crippen molar-refractivity contribution in [2.45, 2.75) is 13.1 Å². The van der Waals surface area contributed by atoms with E-state index in [0.717, 1.165) is 9.99 Å². The van der Waals surface area contributed by atoms with Gasteiger partial charge in [0.1, 0.15) is 5.82 Å². The highest BCUT2D eigenvalue weighted by Crippen LogP contribution is 2.16. The Morgan fingerprint density at radius 1 is 1.05 bits per heavy atom. The van der Waals surface area contributed by atoms with Crippen molar-refractivity contribution in [1.82, 2.24) is 10.3 Å². The van der Waals surface area contributed by atoms with E-state index in [4.69, 9.17) is 0 Å². The van der Waals surface area contributed by atoms with Crippen molar-refractivity contribution in [3.05, 3.63) is 70.1 Å². The first-order chi connectivity index (χ1) is 9.72. The summed E-state index contributed by atoms with van der Waals surface area (Å²) in [5.74, 6) is -0.180. The van der Waals surface area contributed by atoms with Crippen molar-refractivity contribution < 1.29 is 4.39 Å². The van der Waals surface area contributed by atoms with Crippen LogP contribution < -0.4 is 5.32 Å². The van der Waals surface area contributed by atoms with Crippen molar-refractivity contribution in [2.24, 2.45) is 0 Å². The number of aromatic nitrogens is 1. The van der Waals surface area contributed by atoms with Crippen LogP contribution in [-0.4, -0.2) is 4.98 Å². The zero-order chi connectivity index (χ0) is 13.9. The molecule has 3 aromatic rings. The fraction of sp³-hybridized carbons (Fsp3) is 0.125. The number of aromatic amines is 1. The first-order valence-corrected chi connectivity index (χ1v) is 7.22. The monoisotopic (exact) mass is 332 g/mol. The van der Waals surface area contributed by atoms with Gasteiger partial charge in [-0.2, -0.15) is 0 Å². The third-order valence-electron chi connectivity index (χ3n) is 3.27. The molecule has 0 aliphatic rings. The molecule has 0 unspecified atom stereocenters. The van der Waals surface area contributed by atoms with Gasteiger partial charge >= 0.3 is 0 Å². The summed E-state index contributed by atoms with van der Waals surface area (Å²) in [5, 5.41) is 4.47. The molecule has 4 heteroatoms. The van der Waals surface area contributed by atoms with Crippen molar-refractivity contribution >= 4 is 26.8 Å². The molecule has 1 heterocycles. The number of rotatable bonds is 4. The topological polar surface area (TPSA) is 27.8 Å².